The molecule has 3 rings (SSSR count). The van der Waals surface area contributed by atoms with Crippen molar-refractivity contribution in [1.29, 1.82) is 0 Å². The number of aromatic nitrogens is 2. The molecule has 4 nitrogen and oxygen atoms in total. The van der Waals surface area contributed by atoms with E-state index in [1.54, 1.807) is 18.4 Å². The molecule has 0 bridgehead atoms. The van der Waals surface area contributed by atoms with Gasteiger partial charge in [0, 0.05) is 18.5 Å². The number of hydrogen-bond donors (Lipinski definition) is 1. The molecule has 2 aromatic heterocycles. The van der Waals surface area contributed by atoms with Crippen LogP contribution in [0.15, 0.2) is 6.07 Å². The third-order valence-electron chi connectivity index (χ3n) is 4.32. The lowest BCUT2D eigenvalue weighted by atomic mass is 9.84. The number of nitrogens with zero attached hydrogens (tertiary/aromatic N) is 2. The highest BCUT2D eigenvalue weighted by Gasteiger charge is 2.37. The molecule has 0 unspecified atom stereocenters. The number of rotatable bonds is 4. The van der Waals surface area contributed by atoms with Crippen molar-refractivity contribution in [1.82, 2.24) is 9.97 Å². The summed E-state index contributed by atoms with van der Waals surface area (Å²) in [5, 5.41) is 4.51. The summed E-state index contributed by atoms with van der Waals surface area (Å²) in [4.78, 5) is 12.0. The molecule has 2 heterocycles. The van der Waals surface area contributed by atoms with Gasteiger partial charge in [-0.25, -0.2) is 9.97 Å². The Labute approximate surface area is 129 Å². The number of ether oxygens (including phenoxy) is 1. The molecule has 0 aliphatic heterocycles. The lowest BCUT2D eigenvalue weighted by Gasteiger charge is -2.34. The van der Waals surface area contributed by atoms with E-state index in [1.807, 2.05) is 0 Å². The van der Waals surface area contributed by atoms with E-state index in [-0.39, 0.29) is 5.60 Å². The average Bonchev–Trinajstić information content (AvgIpc) is 2.89. The van der Waals surface area contributed by atoms with Gasteiger partial charge in [-0.1, -0.05) is 19.3 Å². The van der Waals surface area contributed by atoms with Crippen molar-refractivity contribution in [2.24, 2.45) is 0 Å². The minimum absolute atomic E-state index is 0.297. The van der Waals surface area contributed by atoms with Gasteiger partial charge in [0.25, 0.3) is 0 Å². The van der Waals surface area contributed by atoms with Crippen LogP contribution in [-0.4, -0.2) is 23.6 Å². The lowest BCUT2D eigenvalue weighted by Crippen LogP contribution is -2.33. The molecule has 0 aromatic carbocycles. The smallest absolute Gasteiger partial charge is 0.164 e. The molecule has 0 radical (unpaired) electrons. The first-order valence-electron chi connectivity index (χ1n) is 7.76. The lowest BCUT2D eigenvalue weighted by molar-refractivity contribution is -0.0511. The fraction of sp³-hybridized carbons (Fsp3) is 0.625. The molecular formula is C16H23N3OS. The zero-order chi connectivity index (χ0) is 14.9. The first-order valence-corrected chi connectivity index (χ1v) is 8.58. The molecule has 1 saturated carbocycles. The maximum atomic E-state index is 5.91. The highest BCUT2D eigenvalue weighted by Crippen LogP contribution is 2.40. The summed E-state index contributed by atoms with van der Waals surface area (Å²) in [6.07, 6.45) is 5.70. The van der Waals surface area contributed by atoms with E-state index < -0.39 is 0 Å². The Morgan fingerprint density at radius 3 is 2.71 bits per heavy atom. The molecule has 0 atom stereocenters. The predicted molar refractivity (Wildman–Crippen MR) is 88.1 cm³/mol. The topological polar surface area (TPSA) is 47.0 Å². The molecule has 5 heteroatoms. The monoisotopic (exact) mass is 305 g/mol. The number of fused-ring (bicyclic) bond motifs is 1. The Kier molecular flexibility index (Phi) is 4.13. The summed E-state index contributed by atoms with van der Waals surface area (Å²) in [6, 6.07) is 2.17. The molecule has 21 heavy (non-hydrogen) atoms. The molecule has 0 spiro atoms. The van der Waals surface area contributed by atoms with Crippen LogP contribution in [0.2, 0.25) is 0 Å². The van der Waals surface area contributed by atoms with Crippen molar-refractivity contribution >= 4 is 27.4 Å². The van der Waals surface area contributed by atoms with Crippen molar-refractivity contribution in [3.63, 3.8) is 0 Å². The van der Waals surface area contributed by atoms with E-state index in [4.69, 9.17) is 14.7 Å². The summed E-state index contributed by atoms with van der Waals surface area (Å²) in [5.74, 6) is 1.80. The van der Waals surface area contributed by atoms with Crippen LogP contribution in [-0.2, 0) is 10.3 Å². The Hall–Kier alpha value is -1.20. The van der Waals surface area contributed by atoms with Gasteiger partial charge in [-0.2, -0.15) is 0 Å². The fourth-order valence-corrected chi connectivity index (χ4v) is 4.07. The molecule has 1 N–H and O–H groups in total. The van der Waals surface area contributed by atoms with Gasteiger partial charge in [0.15, 0.2) is 5.82 Å². The predicted octanol–water partition coefficient (Wildman–Crippen LogP) is 4.24. The number of methoxy groups -OCH3 is 1. The van der Waals surface area contributed by atoms with E-state index in [0.717, 1.165) is 41.2 Å². The van der Waals surface area contributed by atoms with Crippen LogP contribution in [0.25, 0.3) is 10.2 Å². The van der Waals surface area contributed by atoms with E-state index >= 15 is 0 Å². The van der Waals surface area contributed by atoms with Crippen molar-refractivity contribution in [3.8, 4) is 0 Å². The Balaban J connectivity index is 2.13. The van der Waals surface area contributed by atoms with Crippen molar-refractivity contribution < 1.29 is 4.74 Å². The van der Waals surface area contributed by atoms with Crippen LogP contribution in [0.3, 0.4) is 0 Å². The van der Waals surface area contributed by atoms with Gasteiger partial charge in [-0.3, -0.25) is 0 Å². The largest absolute Gasteiger partial charge is 0.370 e. The number of thiophene rings is 1. The van der Waals surface area contributed by atoms with Crippen LogP contribution in [0.5, 0.6) is 0 Å². The van der Waals surface area contributed by atoms with Gasteiger partial charge in [0.05, 0.1) is 5.39 Å². The van der Waals surface area contributed by atoms with Crippen LogP contribution in [0.4, 0.5) is 5.82 Å². The highest BCUT2D eigenvalue weighted by atomic mass is 32.1. The first kappa shape index (κ1) is 14.7. The molecule has 1 aliphatic rings. The van der Waals surface area contributed by atoms with Gasteiger partial charge in [0.1, 0.15) is 16.2 Å². The minimum atomic E-state index is -0.297. The molecular weight excluding hydrogens is 282 g/mol. The Morgan fingerprint density at radius 1 is 1.29 bits per heavy atom. The maximum Gasteiger partial charge on any atom is 0.164 e. The van der Waals surface area contributed by atoms with Gasteiger partial charge in [0.2, 0.25) is 0 Å². The van der Waals surface area contributed by atoms with E-state index in [2.05, 4.69) is 25.2 Å². The summed E-state index contributed by atoms with van der Waals surface area (Å²) >= 11 is 1.73. The SMILES string of the molecule is CCNc1nc(C2(OC)CCCCC2)nc2sc(C)cc12. The summed E-state index contributed by atoms with van der Waals surface area (Å²) in [7, 11) is 1.80. The van der Waals surface area contributed by atoms with Crippen molar-refractivity contribution in [3.05, 3.63) is 16.8 Å². The second kappa shape index (κ2) is 5.89. The second-order valence-electron chi connectivity index (χ2n) is 5.76. The Bertz CT molecular complexity index is 632. The minimum Gasteiger partial charge on any atom is -0.370 e. The van der Waals surface area contributed by atoms with Crippen molar-refractivity contribution in [2.45, 2.75) is 51.6 Å². The quantitative estimate of drug-likeness (QED) is 0.918. The summed E-state index contributed by atoms with van der Waals surface area (Å²) in [5.41, 5.74) is -0.297. The van der Waals surface area contributed by atoms with Crippen molar-refractivity contribution in [2.75, 3.05) is 19.0 Å². The molecule has 1 fully saturated rings. The second-order valence-corrected chi connectivity index (χ2v) is 7.00. The van der Waals surface area contributed by atoms with Crippen LogP contribution in [0, 0.1) is 6.92 Å². The molecule has 0 saturated heterocycles. The maximum absolute atomic E-state index is 5.91. The number of hydrogen-bond acceptors (Lipinski definition) is 5. The summed E-state index contributed by atoms with van der Waals surface area (Å²) in [6.45, 7) is 5.08. The standard InChI is InChI=1S/C16H23N3OS/c1-4-17-13-12-10-11(2)21-14(12)19-15(18-13)16(20-3)8-6-5-7-9-16/h10H,4-9H2,1-3H3,(H,17,18,19). The third kappa shape index (κ3) is 2.64. The van der Waals surface area contributed by atoms with Gasteiger partial charge in [-0.05, 0) is 32.8 Å². The third-order valence-corrected chi connectivity index (χ3v) is 5.26. The van der Waals surface area contributed by atoms with E-state index in [0.29, 0.717) is 0 Å². The van der Waals surface area contributed by atoms with Crippen LogP contribution >= 0.6 is 11.3 Å². The number of anilines is 1. The first-order chi connectivity index (χ1) is 10.2. The van der Waals surface area contributed by atoms with E-state index in [1.165, 1.54) is 24.1 Å². The molecule has 114 valence electrons. The van der Waals surface area contributed by atoms with Crippen LogP contribution in [0.1, 0.15) is 49.7 Å². The Morgan fingerprint density at radius 2 is 2.05 bits per heavy atom. The summed E-state index contributed by atoms with van der Waals surface area (Å²) < 4.78 is 5.91. The van der Waals surface area contributed by atoms with Gasteiger partial charge in [-0.15, -0.1) is 11.3 Å². The van der Waals surface area contributed by atoms with Gasteiger partial charge < -0.3 is 10.1 Å². The fourth-order valence-electron chi connectivity index (χ4n) is 3.19. The zero-order valence-electron chi connectivity index (χ0n) is 13.0. The number of nitrogens with one attached hydrogen (secondary N) is 1. The molecule has 1 aliphatic carbocycles. The number of aryl methyl sites for hydroxylation is 1. The van der Waals surface area contributed by atoms with E-state index in [9.17, 15) is 0 Å². The normalized spacial score (nSPS) is 18.0. The van der Waals surface area contributed by atoms with Gasteiger partial charge >= 0.3 is 0 Å². The highest BCUT2D eigenvalue weighted by molar-refractivity contribution is 7.18. The molecule has 0 amide bonds. The molecule has 2 aromatic rings. The van der Waals surface area contributed by atoms with Crippen LogP contribution < -0.4 is 5.32 Å². The zero-order valence-corrected chi connectivity index (χ0v) is 13.8. The average molecular weight is 305 g/mol.